The molecule has 1 aromatic rings. The van der Waals surface area contributed by atoms with Gasteiger partial charge >= 0.3 is 0 Å². The monoisotopic (exact) mass is 336 g/mol. The molecule has 3 rings (SSSR count). The summed E-state index contributed by atoms with van der Waals surface area (Å²) in [7, 11) is 0. The van der Waals surface area contributed by atoms with E-state index in [0.717, 1.165) is 45.3 Å². The molecule has 2 unspecified atom stereocenters. The van der Waals surface area contributed by atoms with Crippen LogP contribution >= 0.6 is 12.4 Å². The third-order valence-corrected chi connectivity index (χ3v) is 5.24. The molecule has 2 fully saturated rings. The van der Waals surface area contributed by atoms with Gasteiger partial charge in [-0.25, -0.2) is 0 Å². The quantitative estimate of drug-likeness (QED) is 0.863. The van der Waals surface area contributed by atoms with Gasteiger partial charge in [0.25, 0.3) is 0 Å². The average molecular weight is 337 g/mol. The van der Waals surface area contributed by atoms with Crippen LogP contribution in [0.2, 0.25) is 0 Å². The van der Waals surface area contributed by atoms with E-state index in [1.807, 2.05) is 0 Å². The zero-order valence-electron chi connectivity index (χ0n) is 13.9. The molecule has 0 radical (unpaired) electrons. The molecule has 4 heteroatoms. The van der Waals surface area contributed by atoms with Crippen molar-refractivity contribution in [1.82, 2.24) is 10.2 Å². The fourth-order valence-corrected chi connectivity index (χ4v) is 3.87. The fraction of sp³-hybridized carbons (Fsp3) is 0.632. The molecular weight excluding hydrogens is 308 g/mol. The Balaban J connectivity index is 0.00000192. The Morgan fingerprint density at radius 1 is 1.17 bits per heavy atom. The molecule has 1 amide bonds. The lowest BCUT2D eigenvalue weighted by Gasteiger charge is -2.25. The molecule has 0 spiro atoms. The molecule has 2 aliphatic heterocycles. The number of benzene rings is 1. The summed E-state index contributed by atoms with van der Waals surface area (Å²) in [5.74, 6) is 1.11. The second-order valence-electron chi connectivity index (χ2n) is 6.80. The summed E-state index contributed by atoms with van der Waals surface area (Å²) >= 11 is 0. The molecule has 1 N–H and O–H groups in total. The van der Waals surface area contributed by atoms with E-state index in [0.29, 0.717) is 17.9 Å². The van der Waals surface area contributed by atoms with Crippen LogP contribution in [0.4, 0.5) is 0 Å². The van der Waals surface area contributed by atoms with Gasteiger partial charge in [0.15, 0.2) is 0 Å². The van der Waals surface area contributed by atoms with Crippen molar-refractivity contribution >= 4 is 18.3 Å². The number of amides is 1. The van der Waals surface area contributed by atoms with Crippen LogP contribution in [0.15, 0.2) is 30.3 Å². The first-order valence-corrected chi connectivity index (χ1v) is 8.87. The maximum absolute atomic E-state index is 12.5. The molecule has 128 valence electrons. The van der Waals surface area contributed by atoms with Crippen molar-refractivity contribution in [3.8, 4) is 0 Å². The second kappa shape index (κ2) is 9.29. The van der Waals surface area contributed by atoms with Crippen LogP contribution in [-0.4, -0.2) is 36.5 Å². The van der Waals surface area contributed by atoms with Crippen molar-refractivity contribution in [3.63, 3.8) is 0 Å². The van der Waals surface area contributed by atoms with E-state index >= 15 is 0 Å². The number of hydrogen-bond acceptors (Lipinski definition) is 2. The predicted molar refractivity (Wildman–Crippen MR) is 97.0 cm³/mol. The largest absolute Gasteiger partial charge is 0.340 e. The summed E-state index contributed by atoms with van der Waals surface area (Å²) in [4.78, 5) is 14.7. The molecule has 2 heterocycles. The van der Waals surface area contributed by atoms with Gasteiger partial charge < -0.3 is 10.2 Å². The lowest BCUT2D eigenvalue weighted by atomic mass is 10.0. The minimum Gasteiger partial charge on any atom is -0.340 e. The van der Waals surface area contributed by atoms with Crippen LogP contribution < -0.4 is 5.32 Å². The van der Waals surface area contributed by atoms with Crippen LogP contribution in [0.5, 0.6) is 0 Å². The minimum atomic E-state index is 0. The standard InChI is InChI=1S/C19H28N2O.ClH/c22-19(11-9-17-12-13-20-15-17)21-14-4-7-18(21)10-8-16-5-2-1-3-6-16;/h1-3,5-6,17-18,20H,4,7-15H2;1H. The summed E-state index contributed by atoms with van der Waals surface area (Å²) in [6, 6.07) is 11.1. The van der Waals surface area contributed by atoms with Crippen molar-refractivity contribution in [2.24, 2.45) is 5.92 Å². The number of nitrogens with zero attached hydrogens (tertiary/aromatic N) is 1. The number of nitrogens with one attached hydrogen (secondary N) is 1. The summed E-state index contributed by atoms with van der Waals surface area (Å²) in [6.07, 6.45) is 7.61. The Hall–Kier alpha value is -1.06. The Labute approximate surface area is 146 Å². The maximum atomic E-state index is 12.5. The molecule has 3 nitrogen and oxygen atoms in total. The van der Waals surface area contributed by atoms with E-state index in [1.165, 1.54) is 24.8 Å². The molecule has 0 bridgehead atoms. The predicted octanol–water partition coefficient (Wildman–Crippen LogP) is 3.42. The number of halogens is 1. The van der Waals surface area contributed by atoms with Crippen LogP contribution in [0.25, 0.3) is 0 Å². The van der Waals surface area contributed by atoms with Crippen molar-refractivity contribution in [3.05, 3.63) is 35.9 Å². The van der Waals surface area contributed by atoms with Gasteiger partial charge in [-0.1, -0.05) is 30.3 Å². The third-order valence-electron chi connectivity index (χ3n) is 5.24. The fourth-order valence-electron chi connectivity index (χ4n) is 3.87. The van der Waals surface area contributed by atoms with Crippen LogP contribution in [0, 0.1) is 5.92 Å². The molecule has 1 aromatic carbocycles. The Bertz CT molecular complexity index is 474. The van der Waals surface area contributed by atoms with Gasteiger partial charge in [0, 0.05) is 19.0 Å². The molecule has 0 saturated carbocycles. The number of rotatable bonds is 6. The second-order valence-corrected chi connectivity index (χ2v) is 6.80. The number of likely N-dealkylation sites (tertiary alicyclic amines) is 1. The first kappa shape index (κ1) is 18.3. The van der Waals surface area contributed by atoms with Crippen molar-refractivity contribution in [2.45, 2.75) is 51.0 Å². The summed E-state index contributed by atoms with van der Waals surface area (Å²) in [6.45, 7) is 3.20. The SMILES string of the molecule is Cl.O=C(CCC1CCNC1)N1CCCC1CCc1ccccc1. The normalized spacial score (nSPS) is 23.7. The van der Waals surface area contributed by atoms with Crippen LogP contribution in [-0.2, 0) is 11.2 Å². The molecule has 2 aliphatic rings. The van der Waals surface area contributed by atoms with E-state index in [2.05, 4.69) is 40.5 Å². The van der Waals surface area contributed by atoms with E-state index in [4.69, 9.17) is 0 Å². The zero-order valence-corrected chi connectivity index (χ0v) is 14.7. The topological polar surface area (TPSA) is 32.3 Å². The van der Waals surface area contributed by atoms with E-state index in [-0.39, 0.29) is 12.4 Å². The lowest BCUT2D eigenvalue weighted by Crippen LogP contribution is -2.36. The average Bonchev–Trinajstić information content (AvgIpc) is 3.23. The Kier molecular flexibility index (Phi) is 7.38. The van der Waals surface area contributed by atoms with Crippen LogP contribution in [0.1, 0.15) is 44.1 Å². The van der Waals surface area contributed by atoms with Gasteiger partial charge in [0.05, 0.1) is 0 Å². The molecule has 2 saturated heterocycles. The number of carbonyl (C=O) groups excluding carboxylic acids is 1. The van der Waals surface area contributed by atoms with E-state index in [1.54, 1.807) is 0 Å². The van der Waals surface area contributed by atoms with Gasteiger partial charge in [0.2, 0.25) is 5.91 Å². The first-order chi connectivity index (χ1) is 10.8. The third kappa shape index (κ3) is 5.22. The van der Waals surface area contributed by atoms with Gasteiger partial charge in [0.1, 0.15) is 0 Å². The van der Waals surface area contributed by atoms with Gasteiger partial charge in [-0.05, 0) is 63.1 Å². The van der Waals surface area contributed by atoms with Crippen LogP contribution in [0.3, 0.4) is 0 Å². The Morgan fingerprint density at radius 3 is 2.74 bits per heavy atom. The molecule has 0 aliphatic carbocycles. The number of carbonyl (C=O) groups is 1. The van der Waals surface area contributed by atoms with E-state index in [9.17, 15) is 4.79 Å². The minimum absolute atomic E-state index is 0. The van der Waals surface area contributed by atoms with Crippen molar-refractivity contribution in [1.29, 1.82) is 0 Å². The highest BCUT2D eigenvalue weighted by Gasteiger charge is 2.28. The Morgan fingerprint density at radius 2 is 2.00 bits per heavy atom. The maximum Gasteiger partial charge on any atom is 0.222 e. The highest BCUT2D eigenvalue weighted by Crippen LogP contribution is 2.24. The van der Waals surface area contributed by atoms with Gasteiger partial charge in [-0.2, -0.15) is 0 Å². The highest BCUT2D eigenvalue weighted by atomic mass is 35.5. The van der Waals surface area contributed by atoms with E-state index < -0.39 is 0 Å². The van der Waals surface area contributed by atoms with Crippen molar-refractivity contribution in [2.75, 3.05) is 19.6 Å². The lowest BCUT2D eigenvalue weighted by molar-refractivity contribution is -0.132. The van der Waals surface area contributed by atoms with Crippen molar-refractivity contribution < 1.29 is 4.79 Å². The number of aryl methyl sites for hydroxylation is 1. The zero-order chi connectivity index (χ0) is 15.2. The smallest absolute Gasteiger partial charge is 0.222 e. The number of hydrogen-bond donors (Lipinski definition) is 1. The van der Waals surface area contributed by atoms with Gasteiger partial charge in [-0.15, -0.1) is 12.4 Å². The highest BCUT2D eigenvalue weighted by molar-refractivity contribution is 5.85. The molecule has 0 aromatic heterocycles. The molecule has 2 atom stereocenters. The summed E-state index contributed by atoms with van der Waals surface area (Å²) in [5.41, 5.74) is 1.39. The summed E-state index contributed by atoms with van der Waals surface area (Å²) < 4.78 is 0. The molecular formula is C19H29ClN2O. The molecule has 23 heavy (non-hydrogen) atoms. The first-order valence-electron chi connectivity index (χ1n) is 8.87. The van der Waals surface area contributed by atoms with Gasteiger partial charge in [-0.3, -0.25) is 4.79 Å². The summed E-state index contributed by atoms with van der Waals surface area (Å²) in [5, 5.41) is 3.39.